The third-order valence-electron chi connectivity index (χ3n) is 4.31. The van der Waals surface area contributed by atoms with Crippen LogP contribution in [-0.4, -0.2) is 17.0 Å². The maximum atomic E-state index is 12.7. The van der Waals surface area contributed by atoms with Gasteiger partial charge in [0.15, 0.2) is 0 Å². The SMILES string of the molecule is Cc1cc([N+](=O)[O-])ccc1-c1ccc(/C=N/NC(=O)Cc2cccc(C(F)(F)F)c2)o1. The average Bonchev–Trinajstić information content (AvgIpc) is 3.16. The Hall–Kier alpha value is -3.95. The summed E-state index contributed by atoms with van der Waals surface area (Å²) in [6.07, 6.45) is -3.51. The smallest absolute Gasteiger partial charge is 0.416 e. The van der Waals surface area contributed by atoms with Crippen LogP contribution in [0.1, 0.15) is 22.5 Å². The first-order valence-corrected chi connectivity index (χ1v) is 8.97. The van der Waals surface area contributed by atoms with E-state index in [1.54, 1.807) is 25.1 Å². The highest BCUT2D eigenvalue weighted by molar-refractivity contribution is 5.82. The monoisotopic (exact) mass is 431 g/mol. The fraction of sp³-hybridized carbons (Fsp3) is 0.143. The first kappa shape index (κ1) is 21.8. The zero-order chi connectivity index (χ0) is 22.6. The number of nitrogens with zero attached hydrogens (tertiary/aromatic N) is 2. The molecule has 0 spiro atoms. The van der Waals surface area contributed by atoms with Crippen molar-refractivity contribution in [2.75, 3.05) is 0 Å². The van der Waals surface area contributed by atoms with E-state index in [1.807, 2.05) is 0 Å². The Morgan fingerprint density at radius 1 is 1.19 bits per heavy atom. The minimum absolute atomic E-state index is 0.0296. The Labute approximate surface area is 174 Å². The molecule has 0 aliphatic heterocycles. The van der Waals surface area contributed by atoms with Gasteiger partial charge in [0.25, 0.3) is 5.69 Å². The number of nitro groups is 1. The van der Waals surface area contributed by atoms with Crippen LogP contribution in [0, 0.1) is 17.0 Å². The number of benzene rings is 2. The molecule has 31 heavy (non-hydrogen) atoms. The summed E-state index contributed by atoms with van der Waals surface area (Å²) in [7, 11) is 0. The summed E-state index contributed by atoms with van der Waals surface area (Å²) in [6.45, 7) is 1.71. The van der Waals surface area contributed by atoms with Crippen molar-refractivity contribution in [1.29, 1.82) is 0 Å². The van der Waals surface area contributed by atoms with Crippen molar-refractivity contribution >= 4 is 17.8 Å². The maximum Gasteiger partial charge on any atom is 0.416 e. The molecule has 7 nitrogen and oxygen atoms in total. The molecule has 1 amide bonds. The van der Waals surface area contributed by atoms with Gasteiger partial charge in [-0.2, -0.15) is 18.3 Å². The van der Waals surface area contributed by atoms with Crippen LogP contribution < -0.4 is 5.43 Å². The fourth-order valence-corrected chi connectivity index (χ4v) is 2.86. The van der Waals surface area contributed by atoms with Crippen LogP contribution in [0.5, 0.6) is 0 Å². The number of nitro benzene ring substituents is 1. The maximum absolute atomic E-state index is 12.7. The molecule has 3 rings (SSSR count). The largest absolute Gasteiger partial charge is 0.455 e. The van der Waals surface area contributed by atoms with E-state index in [9.17, 15) is 28.1 Å². The van der Waals surface area contributed by atoms with Crippen LogP contribution in [0.2, 0.25) is 0 Å². The molecule has 1 heterocycles. The van der Waals surface area contributed by atoms with Gasteiger partial charge in [-0.25, -0.2) is 5.43 Å². The van der Waals surface area contributed by atoms with Crippen molar-refractivity contribution in [2.45, 2.75) is 19.5 Å². The van der Waals surface area contributed by atoms with Gasteiger partial charge in [-0.05, 0) is 42.3 Å². The summed E-state index contributed by atoms with van der Waals surface area (Å²) in [4.78, 5) is 22.3. The van der Waals surface area contributed by atoms with Crippen molar-refractivity contribution in [1.82, 2.24) is 5.43 Å². The van der Waals surface area contributed by atoms with E-state index in [-0.39, 0.29) is 17.7 Å². The number of rotatable bonds is 6. The molecule has 0 aliphatic rings. The zero-order valence-electron chi connectivity index (χ0n) is 16.1. The third kappa shape index (κ3) is 5.56. The number of carbonyl (C=O) groups is 1. The summed E-state index contributed by atoms with van der Waals surface area (Å²) in [5.41, 5.74) is 2.90. The van der Waals surface area contributed by atoms with Crippen molar-refractivity contribution < 1.29 is 27.3 Å². The molecule has 0 saturated carbocycles. The fourth-order valence-electron chi connectivity index (χ4n) is 2.86. The topological polar surface area (TPSA) is 97.7 Å². The van der Waals surface area contributed by atoms with E-state index >= 15 is 0 Å². The molecule has 0 aliphatic carbocycles. The van der Waals surface area contributed by atoms with Crippen LogP contribution in [0.4, 0.5) is 18.9 Å². The van der Waals surface area contributed by atoms with Crippen LogP contribution in [0.3, 0.4) is 0 Å². The molecule has 3 aromatic rings. The molecule has 0 radical (unpaired) electrons. The molecule has 0 fully saturated rings. The Bertz CT molecular complexity index is 1150. The quantitative estimate of drug-likeness (QED) is 0.342. The summed E-state index contributed by atoms with van der Waals surface area (Å²) in [6, 6.07) is 12.1. The Balaban J connectivity index is 1.62. The van der Waals surface area contributed by atoms with Gasteiger partial charge in [0.2, 0.25) is 5.91 Å². The molecule has 1 aromatic heterocycles. The number of hydrogen-bond donors (Lipinski definition) is 1. The van der Waals surface area contributed by atoms with Crippen molar-refractivity contribution in [3.8, 4) is 11.3 Å². The van der Waals surface area contributed by atoms with Crippen molar-refractivity contribution in [3.63, 3.8) is 0 Å². The van der Waals surface area contributed by atoms with E-state index in [2.05, 4.69) is 10.5 Å². The number of alkyl halides is 3. The van der Waals surface area contributed by atoms with Gasteiger partial charge in [0.05, 0.1) is 23.1 Å². The average molecular weight is 431 g/mol. The van der Waals surface area contributed by atoms with Crippen LogP contribution in [0.25, 0.3) is 11.3 Å². The molecule has 0 bridgehead atoms. The van der Waals surface area contributed by atoms with E-state index in [4.69, 9.17) is 4.42 Å². The number of carbonyl (C=O) groups excluding carboxylic acids is 1. The highest BCUT2D eigenvalue weighted by Gasteiger charge is 2.30. The number of aryl methyl sites for hydroxylation is 1. The minimum Gasteiger partial charge on any atom is -0.455 e. The zero-order valence-corrected chi connectivity index (χ0v) is 16.1. The third-order valence-corrected chi connectivity index (χ3v) is 4.31. The summed E-state index contributed by atoms with van der Waals surface area (Å²) >= 11 is 0. The number of halogens is 3. The van der Waals surface area contributed by atoms with Gasteiger partial charge in [-0.3, -0.25) is 14.9 Å². The second-order valence-electron chi connectivity index (χ2n) is 6.63. The number of nitrogens with one attached hydrogen (secondary N) is 1. The van der Waals surface area contributed by atoms with Crippen molar-refractivity contribution in [2.24, 2.45) is 5.10 Å². The Morgan fingerprint density at radius 3 is 2.65 bits per heavy atom. The van der Waals surface area contributed by atoms with Crippen molar-refractivity contribution in [3.05, 3.63) is 87.2 Å². The van der Waals surface area contributed by atoms with Gasteiger partial charge in [0, 0.05) is 17.7 Å². The Morgan fingerprint density at radius 2 is 1.97 bits per heavy atom. The highest BCUT2D eigenvalue weighted by Crippen LogP contribution is 2.30. The molecular formula is C21H16F3N3O4. The number of hydrazone groups is 1. The summed E-state index contributed by atoms with van der Waals surface area (Å²) < 4.78 is 43.8. The Kier molecular flexibility index (Phi) is 6.19. The molecule has 2 aromatic carbocycles. The predicted octanol–water partition coefficient (Wildman–Crippen LogP) is 4.87. The second-order valence-corrected chi connectivity index (χ2v) is 6.63. The normalized spacial score (nSPS) is 11.6. The van der Waals surface area contributed by atoms with Gasteiger partial charge in [0.1, 0.15) is 11.5 Å². The number of amides is 1. The van der Waals surface area contributed by atoms with Crippen LogP contribution in [-0.2, 0) is 17.4 Å². The lowest BCUT2D eigenvalue weighted by Crippen LogP contribution is -2.20. The van der Waals surface area contributed by atoms with Gasteiger partial charge in [-0.15, -0.1) is 0 Å². The van der Waals surface area contributed by atoms with Crippen LogP contribution >= 0.6 is 0 Å². The molecule has 160 valence electrons. The van der Waals surface area contributed by atoms with E-state index in [0.29, 0.717) is 22.6 Å². The number of non-ortho nitro benzene ring substituents is 1. The predicted molar refractivity (Wildman–Crippen MR) is 106 cm³/mol. The molecule has 0 atom stereocenters. The lowest BCUT2D eigenvalue weighted by molar-refractivity contribution is -0.384. The van der Waals surface area contributed by atoms with Crippen LogP contribution in [0.15, 0.2) is 64.1 Å². The van der Waals surface area contributed by atoms with E-state index in [0.717, 1.165) is 12.1 Å². The van der Waals surface area contributed by atoms with E-state index < -0.39 is 22.6 Å². The number of hydrogen-bond acceptors (Lipinski definition) is 5. The minimum atomic E-state index is -4.48. The molecule has 10 heteroatoms. The number of furan rings is 1. The van der Waals surface area contributed by atoms with Gasteiger partial charge < -0.3 is 4.42 Å². The molecular weight excluding hydrogens is 415 g/mol. The first-order chi connectivity index (χ1) is 14.6. The summed E-state index contributed by atoms with van der Waals surface area (Å²) in [5.74, 6) is 0.185. The summed E-state index contributed by atoms with van der Waals surface area (Å²) in [5, 5.41) is 14.6. The molecule has 1 N–H and O–H groups in total. The standard InChI is InChI=1S/C21H16F3N3O4/c1-13-9-16(27(29)30)5-7-18(13)19-8-6-17(31-19)12-25-26-20(28)11-14-3-2-4-15(10-14)21(22,23)24/h2-10,12H,11H2,1H3,(H,26,28)/b25-12+. The molecule has 0 saturated heterocycles. The lowest BCUT2D eigenvalue weighted by Gasteiger charge is -2.08. The molecule has 0 unspecified atom stereocenters. The van der Waals surface area contributed by atoms with E-state index in [1.165, 1.54) is 30.5 Å². The lowest BCUT2D eigenvalue weighted by atomic mass is 10.1. The van der Waals surface area contributed by atoms with Gasteiger partial charge in [-0.1, -0.05) is 18.2 Å². The first-order valence-electron chi connectivity index (χ1n) is 8.97. The highest BCUT2D eigenvalue weighted by atomic mass is 19.4. The van der Waals surface area contributed by atoms with Gasteiger partial charge >= 0.3 is 6.18 Å². The second kappa shape index (κ2) is 8.82.